The molecule has 2 aromatic carbocycles. The Balaban J connectivity index is 1.78. The second-order valence-electron chi connectivity index (χ2n) is 6.68. The highest BCUT2D eigenvalue weighted by Crippen LogP contribution is 2.36. The number of anilines is 2. The van der Waals surface area contributed by atoms with Crippen LogP contribution in [0.2, 0.25) is 0 Å². The molecule has 0 saturated heterocycles. The molecule has 1 aliphatic heterocycles. The van der Waals surface area contributed by atoms with Gasteiger partial charge < -0.3 is 19.7 Å². The van der Waals surface area contributed by atoms with Crippen molar-refractivity contribution in [1.82, 2.24) is 0 Å². The van der Waals surface area contributed by atoms with Gasteiger partial charge in [0.1, 0.15) is 5.57 Å². The topological polar surface area (TPSA) is 84.9 Å². The van der Waals surface area contributed by atoms with E-state index in [-0.39, 0.29) is 11.3 Å². The van der Waals surface area contributed by atoms with Crippen molar-refractivity contribution in [3.63, 3.8) is 0 Å². The van der Waals surface area contributed by atoms with Gasteiger partial charge in [-0.2, -0.15) is 0 Å². The summed E-state index contributed by atoms with van der Waals surface area (Å²) in [5, 5.41) is 2.91. The van der Waals surface area contributed by atoms with Gasteiger partial charge in [-0.25, -0.2) is 9.59 Å². The maximum atomic E-state index is 12.8. The minimum Gasteiger partial charge on any atom is -0.462 e. The predicted molar refractivity (Wildman–Crippen MR) is 109 cm³/mol. The zero-order valence-electron chi connectivity index (χ0n) is 16.5. The lowest BCUT2D eigenvalue weighted by atomic mass is 9.99. The summed E-state index contributed by atoms with van der Waals surface area (Å²) in [5.41, 5.74) is 1.92. The Morgan fingerprint density at radius 1 is 1.14 bits per heavy atom. The minimum atomic E-state index is -0.718. The van der Waals surface area contributed by atoms with Gasteiger partial charge in [-0.15, -0.1) is 0 Å². The summed E-state index contributed by atoms with van der Waals surface area (Å²) in [6.45, 7) is 2.29. The van der Waals surface area contributed by atoms with Gasteiger partial charge in [0, 0.05) is 26.0 Å². The Kier molecular flexibility index (Phi) is 5.97. The molecule has 0 atom stereocenters. The van der Waals surface area contributed by atoms with E-state index >= 15 is 0 Å². The molecule has 1 aliphatic rings. The molecule has 0 spiro atoms. The molecule has 1 heterocycles. The van der Waals surface area contributed by atoms with Crippen LogP contribution in [-0.2, 0) is 9.53 Å². The Morgan fingerprint density at radius 3 is 2.52 bits per heavy atom. The van der Waals surface area contributed by atoms with Crippen molar-refractivity contribution in [3.8, 4) is 5.75 Å². The molecule has 3 rings (SSSR count). The number of fused-ring (bicyclic) bond motifs is 1. The predicted octanol–water partition coefficient (Wildman–Crippen LogP) is 3.42. The van der Waals surface area contributed by atoms with Crippen molar-refractivity contribution in [2.24, 2.45) is 0 Å². The highest BCUT2D eigenvalue weighted by Gasteiger charge is 2.32. The highest BCUT2D eigenvalue weighted by molar-refractivity contribution is 6.28. The molecular formula is C22H22N2O5. The van der Waals surface area contributed by atoms with Crippen molar-refractivity contribution < 1.29 is 23.9 Å². The molecule has 2 aromatic rings. The summed E-state index contributed by atoms with van der Waals surface area (Å²) in [7, 11) is 3.62. The normalized spacial score (nSPS) is 14.2. The summed E-state index contributed by atoms with van der Waals surface area (Å²) in [6.07, 6.45) is 2.07. The van der Waals surface area contributed by atoms with Gasteiger partial charge in [-0.3, -0.25) is 4.79 Å². The second-order valence-corrected chi connectivity index (χ2v) is 6.68. The zero-order chi connectivity index (χ0) is 21.0. The first kappa shape index (κ1) is 20.1. The van der Waals surface area contributed by atoms with E-state index in [0.29, 0.717) is 29.1 Å². The molecule has 0 radical (unpaired) electrons. The number of esters is 2. The van der Waals surface area contributed by atoms with E-state index < -0.39 is 17.7 Å². The van der Waals surface area contributed by atoms with Crippen LogP contribution in [0.4, 0.5) is 11.4 Å². The molecule has 7 heteroatoms. The lowest BCUT2D eigenvalue weighted by molar-refractivity contribution is -0.130. The summed E-state index contributed by atoms with van der Waals surface area (Å²) < 4.78 is 10.5. The quantitative estimate of drug-likeness (QED) is 0.348. The van der Waals surface area contributed by atoms with Crippen LogP contribution < -0.4 is 15.0 Å². The van der Waals surface area contributed by atoms with Crippen LogP contribution in [0.3, 0.4) is 0 Å². The van der Waals surface area contributed by atoms with Crippen molar-refractivity contribution in [3.05, 3.63) is 65.4 Å². The largest absolute Gasteiger partial charge is 0.462 e. The molecule has 150 valence electrons. The Hall–Kier alpha value is -3.61. The molecule has 1 N–H and O–H groups in total. The van der Waals surface area contributed by atoms with Gasteiger partial charge in [0.25, 0.3) is 0 Å². The number of ketones is 1. The fraction of sp³-hybridized carbons (Fsp3) is 0.227. The van der Waals surface area contributed by atoms with E-state index in [9.17, 15) is 14.4 Å². The van der Waals surface area contributed by atoms with Crippen LogP contribution in [0.15, 0.2) is 54.2 Å². The van der Waals surface area contributed by atoms with E-state index in [1.807, 2.05) is 21.0 Å². The molecule has 0 unspecified atom stereocenters. The first-order valence-corrected chi connectivity index (χ1v) is 9.23. The number of carbonyl (C=O) groups is 3. The molecular weight excluding hydrogens is 372 g/mol. The molecule has 0 saturated carbocycles. The van der Waals surface area contributed by atoms with E-state index in [4.69, 9.17) is 9.47 Å². The summed E-state index contributed by atoms with van der Waals surface area (Å²) in [4.78, 5) is 38.8. The number of para-hydroxylation sites is 1. The SMILES string of the molecule is CCCOC(=O)c1ccc(NC=C2C(=O)Oc3c(cccc3N(C)C)C2=O)cc1. The minimum absolute atomic E-state index is 0.0974. The average molecular weight is 394 g/mol. The molecule has 7 nitrogen and oxygen atoms in total. The smallest absolute Gasteiger partial charge is 0.349 e. The lowest BCUT2D eigenvalue weighted by Gasteiger charge is -2.23. The second kappa shape index (κ2) is 8.60. The molecule has 29 heavy (non-hydrogen) atoms. The van der Waals surface area contributed by atoms with Crippen LogP contribution in [0.5, 0.6) is 5.75 Å². The number of ether oxygens (including phenoxy) is 2. The number of hydrogen-bond acceptors (Lipinski definition) is 7. The number of benzene rings is 2. The molecule has 0 fully saturated rings. The third-order valence-electron chi connectivity index (χ3n) is 4.32. The third-order valence-corrected chi connectivity index (χ3v) is 4.32. The maximum absolute atomic E-state index is 12.8. The lowest BCUT2D eigenvalue weighted by Crippen LogP contribution is -2.27. The fourth-order valence-electron chi connectivity index (χ4n) is 2.81. The number of hydrogen-bond donors (Lipinski definition) is 1. The van der Waals surface area contributed by atoms with E-state index in [1.54, 1.807) is 47.4 Å². The Bertz CT molecular complexity index is 977. The number of carbonyl (C=O) groups excluding carboxylic acids is 3. The van der Waals surface area contributed by atoms with Crippen LogP contribution >= 0.6 is 0 Å². The van der Waals surface area contributed by atoms with Crippen molar-refractivity contribution in [2.75, 3.05) is 30.9 Å². The summed E-state index contributed by atoms with van der Waals surface area (Å²) in [6, 6.07) is 11.7. The van der Waals surface area contributed by atoms with Crippen molar-refractivity contribution >= 4 is 29.1 Å². The number of nitrogens with one attached hydrogen (secondary N) is 1. The highest BCUT2D eigenvalue weighted by atomic mass is 16.5. The Labute approximate surface area is 168 Å². The summed E-state index contributed by atoms with van der Waals surface area (Å²) in [5.74, 6) is -1.26. The van der Waals surface area contributed by atoms with Gasteiger partial charge in [0.2, 0.25) is 5.78 Å². The van der Waals surface area contributed by atoms with Crippen LogP contribution in [0.25, 0.3) is 0 Å². The van der Waals surface area contributed by atoms with E-state index in [0.717, 1.165) is 6.42 Å². The van der Waals surface area contributed by atoms with Gasteiger partial charge in [0.15, 0.2) is 5.75 Å². The Morgan fingerprint density at radius 2 is 1.86 bits per heavy atom. The number of rotatable bonds is 6. The maximum Gasteiger partial charge on any atom is 0.349 e. The van der Waals surface area contributed by atoms with Crippen LogP contribution in [0.1, 0.15) is 34.1 Å². The van der Waals surface area contributed by atoms with Gasteiger partial charge >= 0.3 is 11.9 Å². The number of Topliss-reactive ketones (excluding diaryl/α,β-unsaturated/α-hetero) is 1. The first-order chi connectivity index (χ1) is 13.9. The molecule has 0 aliphatic carbocycles. The molecule has 0 amide bonds. The average Bonchev–Trinajstić information content (AvgIpc) is 2.71. The monoisotopic (exact) mass is 394 g/mol. The van der Waals surface area contributed by atoms with Crippen molar-refractivity contribution in [2.45, 2.75) is 13.3 Å². The van der Waals surface area contributed by atoms with Crippen LogP contribution in [0, 0.1) is 0 Å². The van der Waals surface area contributed by atoms with Gasteiger partial charge in [-0.1, -0.05) is 13.0 Å². The third kappa shape index (κ3) is 4.29. The van der Waals surface area contributed by atoms with Crippen LogP contribution in [-0.4, -0.2) is 38.4 Å². The number of nitrogens with zero attached hydrogens (tertiary/aromatic N) is 1. The van der Waals surface area contributed by atoms with E-state index in [1.165, 1.54) is 6.20 Å². The molecule has 0 bridgehead atoms. The van der Waals surface area contributed by atoms with Gasteiger partial charge in [0.05, 0.1) is 23.4 Å². The van der Waals surface area contributed by atoms with E-state index in [2.05, 4.69) is 5.32 Å². The zero-order valence-corrected chi connectivity index (χ0v) is 16.5. The first-order valence-electron chi connectivity index (χ1n) is 9.23. The fourth-order valence-corrected chi connectivity index (χ4v) is 2.81. The van der Waals surface area contributed by atoms with Crippen molar-refractivity contribution in [1.29, 1.82) is 0 Å². The molecule has 0 aromatic heterocycles. The standard InChI is InChI=1S/C22H22N2O5/c1-4-12-28-21(26)14-8-10-15(11-9-14)23-13-17-19(25)16-6-5-7-18(24(2)3)20(16)29-22(17)27/h5-11,13,23H,4,12H2,1-3H3. The van der Waals surface area contributed by atoms with Gasteiger partial charge in [-0.05, 0) is 42.8 Å². The summed E-state index contributed by atoms with van der Waals surface area (Å²) >= 11 is 0.